The molecule has 0 aliphatic carbocycles. The van der Waals surface area contributed by atoms with Gasteiger partial charge >= 0.3 is 6.03 Å². The molecule has 0 bridgehead atoms. The Balaban J connectivity index is 2.08. The number of carbonyl (C=O) groups excluding carboxylic acids is 1. The first-order valence-corrected chi connectivity index (χ1v) is 8.76. The summed E-state index contributed by atoms with van der Waals surface area (Å²) in [5.74, 6) is 0. The molecule has 3 N–H and O–H groups in total. The van der Waals surface area contributed by atoms with E-state index in [0.717, 1.165) is 37.6 Å². The van der Waals surface area contributed by atoms with Crippen molar-refractivity contribution in [3.8, 4) is 0 Å². The van der Waals surface area contributed by atoms with Gasteiger partial charge in [-0.1, -0.05) is 26.0 Å². The summed E-state index contributed by atoms with van der Waals surface area (Å²) >= 11 is 0. The molecule has 0 aromatic heterocycles. The van der Waals surface area contributed by atoms with E-state index in [1.807, 2.05) is 38.1 Å². The number of carbonyl (C=O) groups is 1. The summed E-state index contributed by atoms with van der Waals surface area (Å²) in [6, 6.07) is 7.61. The van der Waals surface area contributed by atoms with Crippen LogP contribution in [0.15, 0.2) is 24.3 Å². The Morgan fingerprint density at radius 3 is 2.38 bits per heavy atom. The number of urea groups is 1. The highest BCUT2D eigenvalue weighted by Crippen LogP contribution is 2.26. The fourth-order valence-electron chi connectivity index (χ4n) is 2.99. The van der Waals surface area contributed by atoms with Crippen LogP contribution in [-0.2, 0) is 0 Å². The average molecular weight is 334 g/mol. The minimum absolute atomic E-state index is 0.0620. The summed E-state index contributed by atoms with van der Waals surface area (Å²) < 4.78 is 0. The first-order chi connectivity index (χ1) is 11.5. The fourth-order valence-corrected chi connectivity index (χ4v) is 2.99. The molecule has 1 aromatic carbocycles. The highest BCUT2D eigenvalue weighted by molar-refractivity contribution is 5.93. The van der Waals surface area contributed by atoms with Gasteiger partial charge in [0.25, 0.3) is 0 Å². The Morgan fingerprint density at radius 1 is 1.17 bits per heavy atom. The molecule has 0 spiro atoms. The predicted molar refractivity (Wildman–Crippen MR) is 98.7 cm³/mol. The van der Waals surface area contributed by atoms with Crippen LogP contribution in [0, 0.1) is 0 Å². The Labute approximate surface area is 144 Å². The summed E-state index contributed by atoms with van der Waals surface area (Å²) in [4.78, 5) is 17.0. The van der Waals surface area contributed by atoms with Gasteiger partial charge in [0.05, 0.1) is 23.5 Å². The van der Waals surface area contributed by atoms with E-state index in [0.29, 0.717) is 12.8 Å². The molecule has 2 rings (SSSR count). The van der Waals surface area contributed by atoms with Gasteiger partial charge in [-0.05, 0) is 32.0 Å². The van der Waals surface area contributed by atoms with Gasteiger partial charge < -0.3 is 25.5 Å². The number of aliphatic hydroxyl groups excluding tert-OH is 1. The van der Waals surface area contributed by atoms with E-state index < -0.39 is 5.54 Å². The number of nitrogens with zero attached hydrogens (tertiary/aromatic N) is 2. The number of likely N-dealkylation sites (N-methyl/N-ethyl adjacent to an activating group) is 1. The molecular weight excluding hydrogens is 304 g/mol. The van der Waals surface area contributed by atoms with Gasteiger partial charge in [0, 0.05) is 26.2 Å². The van der Waals surface area contributed by atoms with E-state index >= 15 is 0 Å². The van der Waals surface area contributed by atoms with Crippen LogP contribution in [0.25, 0.3) is 0 Å². The van der Waals surface area contributed by atoms with E-state index in [1.54, 1.807) is 0 Å². The van der Waals surface area contributed by atoms with Gasteiger partial charge in [0.2, 0.25) is 0 Å². The lowest BCUT2D eigenvalue weighted by Gasteiger charge is -2.35. The lowest BCUT2D eigenvalue weighted by molar-refractivity contribution is 0.155. The smallest absolute Gasteiger partial charge is 0.319 e. The first-order valence-electron chi connectivity index (χ1n) is 8.76. The molecule has 0 atom stereocenters. The molecule has 1 aliphatic heterocycles. The lowest BCUT2D eigenvalue weighted by Crippen LogP contribution is -2.52. The second kappa shape index (κ2) is 8.35. The van der Waals surface area contributed by atoms with Crippen LogP contribution in [0.3, 0.4) is 0 Å². The molecule has 1 aromatic rings. The van der Waals surface area contributed by atoms with Crippen molar-refractivity contribution in [2.24, 2.45) is 0 Å². The predicted octanol–water partition coefficient (Wildman–Crippen LogP) is 2.11. The Kier molecular flexibility index (Phi) is 6.45. The largest absolute Gasteiger partial charge is 0.394 e. The van der Waals surface area contributed by atoms with Gasteiger partial charge in [-0.15, -0.1) is 0 Å². The molecule has 134 valence electrons. The summed E-state index contributed by atoms with van der Waals surface area (Å²) in [6.07, 6.45) is 1.38. The van der Waals surface area contributed by atoms with Gasteiger partial charge in [-0.3, -0.25) is 0 Å². The topological polar surface area (TPSA) is 67.8 Å². The van der Waals surface area contributed by atoms with Gasteiger partial charge in [0.15, 0.2) is 0 Å². The van der Waals surface area contributed by atoms with Crippen LogP contribution < -0.4 is 15.5 Å². The van der Waals surface area contributed by atoms with Crippen molar-refractivity contribution >= 4 is 17.4 Å². The lowest BCUT2D eigenvalue weighted by atomic mass is 9.94. The number of rotatable bonds is 6. The molecule has 0 radical (unpaired) electrons. The molecule has 1 aliphatic rings. The minimum Gasteiger partial charge on any atom is -0.394 e. The second-order valence-electron chi connectivity index (χ2n) is 6.53. The Hall–Kier alpha value is -1.79. The summed E-state index contributed by atoms with van der Waals surface area (Å²) in [7, 11) is 2.12. The number of aliphatic hydroxyl groups is 1. The third-order valence-electron chi connectivity index (χ3n) is 5.03. The molecule has 6 nitrogen and oxygen atoms in total. The third kappa shape index (κ3) is 4.39. The fraction of sp³-hybridized carbons (Fsp3) is 0.611. The molecule has 1 fully saturated rings. The van der Waals surface area contributed by atoms with Crippen molar-refractivity contribution in [3.63, 3.8) is 0 Å². The zero-order valence-corrected chi connectivity index (χ0v) is 15.0. The molecule has 6 heteroatoms. The van der Waals surface area contributed by atoms with Crippen molar-refractivity contribution in [3.05, 3.63) is 24.3 Å². The van der Waals surface area contributed by atoms with Crippen LogP contribution >= 0.6 is 0 Å². The quantitative estimate of drug-likeness (QED) is 0.745. The number of nitrogens with one attached hydrogen (secondary N) is 2. The first kappa shape index (κ1) is 18.5. The normalized spacial score (nSPS) is 16.1. The maximum Gasteiger partial charge on any atom is 0.319 e. The van der Waals surface area contributed by atoms with E-state index in [9.17, 15) is 9.90 Å². The average Bonchev–Trinajstić information content (AvgIpc) is 2.61. The van der Waals surface area contributed by atoms with Crippen LogP contribution in [0.5, 0.6) is 0 Å². The van der Waals surface area contributed by atoms with Crippen molar-refractivity contribution in [1.29, 1.82) is 0 Å². The SMILES string of the molecule is CCC(CC)(CO)NC(=O)Nc1ccccc1N1CCN(C)CC1. The molecule has 1 saturated heterocycles. The van der Waals surface area contributed by atoms with Crippen molar-refractivity contribution in [2.75, 3.05) is 50.1 Å². The highest BCUT2D eigenvalue weighted by Gasteiger charge is 2.27. The maximum absolute atomic E-state index is 12.4. The molecule has 24 heavy (non-hydrogen) atoms. The molecular formula is C18H30N4O2. The summed E-state index contributed by atoms with van der Waals surface area (Å²) in [6.45, 7) is 7.80. The zero-order chi connectivity index (χ0) is 17.6. The number of hydrogen-bond acceptors (Lipinski definition) is 4. The van der Waals surface area contributed by atoms with E-state index in [4.69, 9.17) is 0 Å². The maximum atomic E-state index is 12.4. The van der Waals surface area contributed by atoms with Crippen LogP contribution in [0.2, 0.25) is 0 Å². The number of hydrogen-bond donors (Lipinski definition) is 3. The molecule has 1 heterocycles. The van der Waals surface area contributed by atoms with Crippen LogP contribution in [0.1, 0.15) is 26.7 Å². The van der Waals surface area contributed by atoms with E-state index in [-0.39, 0.29) is 12.6 Å². The summed E-state index contributed by atoms with van der Waals surface area (Å²) in [5.41, 5.74) is 1.29. The van der Waals surface area contributed by atoms with Crippen molar-refractivity contribution in [2.45, 2.75) is 32.2 Å². The zero-order valence-electron chi connectivity index (χ0n) is 15.0. The Bertz CT molecular complexity index is 529. The monoisotopic (exact) mass is 334 g/mol. The van der Waals surface area contributed by atoms with E-state index in [1.165, 1.54) is 0 Å². The van der Waals surface area contributed by atoms with Crippen molar-refractivity contribution < 1.29 is 9.90 Å². The highest BCUT2D eigenvalue weighted by atomic mass is 16.3. The van der Waals surface area contributed by atoms with Crippen LogP contribution in [-0.4, -0.2) is 61.4 Å². The number of piperazine rings is 1. The number of anilines is 2. The summed E-state index contributed by atoms with van der Waals surface area (Å²) in [5, 5.41) is 15.5. The minimum atomic E-state index is -0.563. The van der Waals surface area contributed by atoms with Gasteiger partial charge in [0.1, 0.15) is 0 Å². The molecule has 0 unspecified atom stereocenters. The van der Waals surface area contributed by atoms with E-state index in [2.05, 4.69) is 27.5 Å². The molecule has 2 amide bonds. The molecule has 0 saturated carbocycles. The van der Waals surface area contributed by atoms with Crippen LogP contribution in [0.4, 0.5) is 16.2 Å². The van der Waals surface area contributed by atoms with Gasteiger partial charge in [-0.2, -0.15) is 0 Å². The Morgan fingerprint density at radius 2 is 1.79 bits per heavy atom. The number of benzene rings is 1. The standard InChI is InChI=1S/C18H30N4O2/c1-4-18(5-2,14-23)20-17(24)19-15-8-6-7-9-16(15)22-12-10-21(3)11-13-22/h6-9,23H,4-5,10-14H2,1-3H3,(H2,19,20,24). The third-order valence-corrected chi connectivity index (χ3v) is 5.03. The number of para-hydroxylation sites is 2. The second-order valence-corrected chi connectivity index (χ2v) is 6.53. The van der Waals surface area contributed by atoms with Gasteiger partial charge in [-0.25, -0.2) is 4.79 Å². The number of amides is 2. The van der Waals surface area contributed by atoms with Crippen molar-refractivity contribution in [1.82, 2.24) is 10.2 Å².